The highest BCUT2D eigenvalue weighted by Gasteiger charge is 2.22. The monoisotopic (exact) mass is 445 g/mol. The van der Waals surface area contributed by atoms with Gasteiger partial charge in [0.15, 0.2) is 11.5 Å². The average Bonchev–Trinajstić information content (AvgIpc) is 3.25. The molecule has 0 saturated carbocycles. The second kappa shape index (κ2) is 8.54. The maximum Gasteiger partial charge on any atom is 0.183 e. The first kappa shape index (κ1) is 20.4. The zero-order chi connectivity index (χ0) is 22.1. The molecule has 1 aliphatic rings. The Bertz CT molecular complexity index is 1340. The number of aromatic nitrogens is 5. The number of nitrogens with zero attached hydrogens (tertiary/aromatic N) is 6. The van der Waals surface area contributed by atoms with E-state index in [1.165, 1.54) is 0 Å². The summed E-state index contributed by atoms with van der Waals surface area (Å²) in [6.45, 7) is 1.36. The summed E-state index contributed by atoms with van der Waals surface area (Å²) in [4.78, 5) is 13.9. The molecule has 0 unspecified atom stereocenters. The second-order valence-corrected chi connectivity index (χ2v) is 8.08. The van der Waals surface area contributed by atoms with Gasteiger partial charge in [0.25, 0.3) is 0 Å². The molecule has 0 spiro atoms. The number of pyridine rings is 1. The molecule has 1 saturated heterocycles. The molecule has 8 nitrogen and oxygen atoms in total. The van der Waals surface area contributed by atoms with Crippen LogP contribution in [-0.2, 0) is 11.8 Å². The Labute approximate surface area is 189 Å². The zero-order valence-electron chi connectivity index (χ0n) is 17.4. The lowest BCUT2D eigenvalue weighted by Crippen LogP contribution is -2.29. The average molecular weight is 446 g/mol. The number of ether oxygens (including phenoxy) is 1. The molecule has 0 radical (unpaired) electrons. The number of halogens is 1. The van der Waals surface area contributed by atoms with E-state index < -0.39 is 0 Å². The number of hydrogen-bond acceptors (Lipinski definition) is 7. The van der Waals surface area contributed by atoms with Crippen molar-refractivity contribution < 1.29 is 4.74 Å². The lowest BCUT2D eigenvalue weighted by Gasteiger charge is -2.24. The normalized spacial score (nSPS) is 14.4. The van der Waals surface area contributed by atoms with Crippen LogP contribution >= 0.6 is 11.6 Å². The fraction of sp³-hybridized carbons (Fsp3) is 0.261. The molecule has 1 aromatic carbocycles. The van der Waals surface area contributed by atoms with E-state index in [4.69, 9.17) is 26.3 Å². The van der Waals surface area contributed by atoms with Gasteiger partial charge in [0.1, 0.15) is 23.2 Å². The van der Waals surface area contributed by atoms with E-state index in [1.807, 2.05) is 37.5 Å². The molecular weight excluding hydrogens is 426 g/mol. The number of nitriles is 1. The summed E-state index contributed by atoms with van der Waals surface area (Å²) in [5, 5.41) is 19.2. The van der Waals surface area contributed by atoms with E-state index in [1.54, 1.807) is 16.9 Å². The van der Waals surface area contributed by atoms with Crippen LogP contribution in [0.3, 0.4) is 0 Å². The van der Waals surface area contributed by atoms with Crippen LogP contribution in [0, 0.1) is 11.3 Å². The SMILES string of the molecule is Cn1ccc(-c2nc(NC3CCOCC3)c(C#N)nc2-c2cc(Cl)c3ncccc3c2)n1. The number of anilines is 1. The molecule has 4 aromatic rings. The van der Waals surface area contributed by atoms with Gasteiger partial charge in [0.05, 0.1) is 10.5 Å². The number of benzene rings is 1. The van der Waals surface area contributed by atoms with Gasteiger partial charge in [-0.2, -0.15) is 10.4 Å². The molecule has 0 amide bonds. The summed E-state index contributed by atoms with van der Waals surface area (Å²) in [6, 6.07) is 11.8. The molecule has 0 bridgehead atoms. The predicted octanol–water partition coefficient (Wildman–Crippen LogP) is 4.21. The van der Waals surface area contributed by atoms with Crippen molar-refractivity contribution in [2.24, 2.45) is 7.05 Å². The van der Waals surface area contributed by atoms with E-state index in [-0.39, 0.29) is 11.7 Å². The summed E-state index contributed by atoms with van der Waals surface area (Å²) in [5.74, 6) is 0.456. The number of nitrogens with one attached hydrogen (secondary N) is 1. The summed E-state index contributed by atoms with van der Waals surface area (Å²) in [5.41, 5.74) is 3.48. The highest BCUT2D eigenvalue weighted by atomic mass is 35.5. The predicted molar refractivity (Wildman–Crippen MR) is 122 cm³/mol. The number of rotatable bonds is 4. The van der Waals surface area contributed by atoms with Crippen LogP contribution in [0.5, 0.6) is 0 Å². The van der Waals surface area contributed by atoms with Gasteiger partial charge in [-0.15, -0.1) is 0 Å². The van der Waals surface area contributed by atoms with E-state index >= 15 is 0 Å². The fourth-order valence-corrected chi connectivity index (χ4v) is 4.13. The standard InChI is InChI=1S/C23H20ClN7O/c1-31-8-4-18(30-31)22-21(15-11-14-3-2-7-26-20(14)17(24)12-15)28-19(13-25)23(29-22)27-16-5-9-32-10-6-16/h2-4,7-8,11-12,16H,5-6,9-10H2,1H3,(H,27,29). The molecule has 4 heterocycles. The minimum Gasteiger partial charge on any atom is -0.381 e. The van der Waals surface area contributed by atoms with E-state index in [0.717, 1.165) is 23.8 Å². The molecule has 1 aliphatic heterocycles. The number of fused-ring (bicyclic) bond motifs is 1. The van der Waals surface area contributed by atoms with Gasteiger partial charge < -0.3 is 10.1 Å². The molecule has 5 rings (SSSR count). The van der Waals surface area contributed by atoms with Crippen LogP contribution in [0.4, 0.5) is 5.82 Å². The summed E-state index contributed by atoms with van der Waals surface area (Å²) >= 11 is 6.53. The van der Waals surface area contributed by atoms with Crippen molar-refractivity contribution in [1.82, 2.24) is 24.7 Å². The third-order valence-electron chi connectivity index (χ3n) is 5.45. The Morgan fingerprint density at radius 3 is 2.78 bits per heavy atom. The maximum atomic E-state index is 9.84. The van der Waals surface area contributed by atoms with E-state index in [2.05, 4.69) is 21.5 Å². The van der Waals surface area contributed by atoms with E-state index in [9.17, 15) is 5.26 Å². The summed E-state index contributed by atoms with van der Waals surface area (Å²) in [7, 11) is 1.85. The first-order valence-corrected chi connectivity index (χ1v) is 10.7. The van der Waals surface area contributed by atoms with Gasteiger partial charge in [0.2, 0.25) is 0 Å². The van der Waals surface area contributed by atoms with Gasteiger partial charge in [-0.25, -0.2) is 9.97 Å². The van der Waals surface area contributed by atoms with Crippen molar-refractivity contribution in [3.8, 4) is 28.7 Å². The molecule has 3 aromatic heterocycles. The molecule has 0 aliphatic carbocycles. The molecular formula is C23H20ClN7O. The highest BCUT2D eigenvalue weighted by molar-refractivity contribution is 6.35. The molecule has 0 atom stereocenters. The lowest BCUT2D eigenvalue weighted by molar-refractivity contribution is 0.0904. The molecule has 32 heavy (non-hydrogen) atoms. The van der Waals surface area contributed by atoms with Crippen LogP contribution < -0.4 is 5.32 Å². The van der Waals surface area contributed by atoms with Crippen LogP contribution in [0.2, 0.25) is 5.02 Å². The fourth-order valence-electron chi connectivity index (χ4n) is 3.86. The van der Waals surface area contributed by atoms with Crippen molar-refractivity contribution in [2.75, 3.05) is 18.5 Å². The van der Waals surface area contributed by atoms with Crippen molar-refractivity contribution in [3.05, 3.63) is 53.4 Å². The smallest absolute Gasteiger partial charge is 0.183 e. The quantitative estimate of drug-likeness (QED) is 0.502. The molecule has 1 fully saturated rings. The molecule has 160 valence electrons. The molecule has 1 N–H and O–H groups in total. The van der Waals surface area contributed by atoms with Gasteiger partial charge in [-0.3, -0.25) is 9.67 Å². The van der Waals surface area contributed by atoms with Gasteiger partial charge in [0, 0.05) is 49.6 Å². The topological polar surface area (TPSA) is 102 Å². The third kappa shape index (κ3) is 3.88. The zero-order valence-corrected chi connectivity index (χ0v) is 18.2. The Hall–Kier alpha value is -3.54. The van der Waals surface area contributed by atoms with Crippen molar-refractivity contribution >= 4 is 28.3 Å². The minimum absolute atomic E-state index is 0.175. The van der Waals surface area contributed by atoms with Gasteiger partial charge in [-0.1, -0.05) is 17.7 Å². The Kier molecular flexibility index (Phi) is 5.43. The second-order valence-electron chi connectivity index (χ2n) is 7.67. The Morgan fingerprint density at radius 1 is 1.19 bits per heavy atom. The van der Waals surface area contributed by atoms with Crippen molar-refractivity contribution in [3.63, 3.8) is 0 Å². The summed E-state index contributed by atoms with van der Waals surface area (Å²) in [6.07, 6.45) is 5.25. The summed E-state index contributed by atoms with van der Waals surface area (Å²) < 4.78 is 7.15. The number of hydrogen-bond donors (Lipinski definition) is 1. The van der Waals surface area contributed by atoms with Crippen molar-refractivity contribution in [2.45, 2.75) is 18.9 Å². The first-order valence-electron chi connectivity index (χ1n) is 10.3. The lowest BCUT2D eigenvalue weighted by atomic mass is 10.0. The largest absolute Gasteiger partial charge is 0.381 e. The van der Waals surface area contributed by atoms with E-state index in [0.29, 0.717) is 46.7 Å². The van der Waals surface area contributed by atoms with Crippen LogP contribution in [0.15, 0.2) is 42.7 Å². The third-order valence-corrected chi connectivity index (χ3v) is 5.74. The van der Waals surface area contributed by atoms with Gasteiger partial charge in [-0.05, 0) is 37.1 Å². The Morgan fingerprint density at radius 2 is 2.03 bits per heavy atom. The Balaban J connectivity index is 1.68. The van der Waals surface area contributed by atoms with Crippen LogP contribution in [0.1, 0.15) is 18.5 Å². The minimum atomic E-state index is 0.175. The molecule has 9 heteroatoms. The number of aryl methyl sites for hydroxylation is 1. The van der Waals surface area contributed by atoms with Crippen LogP contribution in [0.25, 0.3) is 33.5 Å². The van der Waals surface area contributed by atoms with Crippen LogP contribution in [-0.4, -0.2) is 44.0 Å². The highest BCUT2D eigenvalue weighted by Crippen LogP contribution is 2.35. The van der Waals surface area contributed by atoms with Crippen molar-refractivity contribution in [1.29, 1.82) is 5.26 Å². The maximum absolute atomic E-state index is 9.84. The van der Waals surface area contributed by atoms with Gasteiger partial charge >= 0.3 is 0 Å². The first-order chi connectivity index (χ1) is 15.6.